The normalized spacial score (nSPS) is 12.0. The monoisotopic (exact) mass is 222 g/mol. The molecule has 0 saturated heterocycles. The second-order valence-corrected chi connectivity index (χ2v) is 3.77. The van der Waals surface area contributed by atoms with Crippen LogP contribution in [-0.4, -0.2) is 20.5 Å². The first-order chi connectivity index (χ1) is 7.67. The van der Waals surface area contributed by atoms with Gasteiger partial charge in [0, 0.05) is 11.1 Å². The molecule has 1 aromatic rings. The van der Waals surface area contributed by atoms with Gasteiger partial charge in [0.05, 0.1) is 14.2 Å². The fourth-order valence-electron chi connectivity index (χ4n) is 1.72. The molecule has 0 aliphatic rings. The highest BCUT2D eigenvalue weighted by Gasteiger charge is 2.17. The van der Waals surface area contributed by atoms with E-state index in [0.717, 1.165) is 29.8 Å². The van der Waals surface area contributed by atoms with Crippen LogP contribution in [0.2, 0.25) is 0 Å². The summed E-state index contributed by atoms with van der Waals surface area (Å²) in [5, 5.41) is 0. The minimum Gasteiger partial charge on any atom is -0.496 e. The number of ether oxygens (including phenoxy) is 2. The fourth-order valence-corrected chi connectivity index (χ4v) is 1.72. The molecule has 0 aromatic heterocycles. The third kappa shape index (κ3) is 2.35. The molecule has 16 heavy (non-hydrogen) atoms. The molecule has 0 fully saturated rings. The van der Waals surface area contributed by atoms with Crippen molar-refractivity contribution in [2.75, 3.05) is 14.2 Å². The molecule has 1 rings (SSSR count). The molecule has 3 heteroatoms. The second kappa shape index (κ2) is 5.54. The number of carbonyl (C=O) groups excluding carboxylic acids is 1. The molecule has 0 aliphatic heterocycles. The van der Waals surface area contributed by atoms with Gasteiger partial charge in [-0.3, -0.25) is 4.79 Å². The number of aldehydes is 1. The summed E-state index contributed by atoms with van der Waals surface area (Å²) in [6, 6.07) is 3.49. The first kappa shape index (κ1) is 12.6. The van der Waals surface area contributed by atoms with E-state index in [1.165, 1.54) is 0 Å². The number of rotatable bonds is 5. The van der Waals surface area contributed by atoms with Gasteiger partial charge in [0.15, 0.2) is 0 Å². The van der Waals surface area contributed by atoms with Gasteiger partial charge < -0.3 is 9.47 Å². The lowest BCUT2D eigenvalue weighted by Gasteiger charge is -2.18. The van der Waals surface area contributed by atoms with E-state index in [1.807, 2.05) is 0 Å². The first-order valence-electron chi connectivity index (χ1n) is 5.39. The third-order valence-electron chi connectivity index (χ3n) is 2.81. The Morgan fingerprint density at radius 2 is 1.75 bits per heavy atom. The van der Waals surface area contributed by atoms with E-state index < -0.39 is 0 Å². The average Bonchev–Trinajstić information content (AvgIpc) is 2.35. The molecule has 1 atom stereocenters. The lowest BCUT2D eigenvalue weighted by atomic mass is 9.95. The van der Waals surface area contributed by atoms with Crippen LogP contribution in [0, 0.1) is 0 Å². The van der Waals surface area contributed by atoms with Crippen LogP contribution < -0.4 is 9.47 Å². The molecular formula is C13H18O3. The molecule has 0 aliphatic carbocycles. The summed E-state index contributed by atoms with van der Waals surface area (Å²) >= 11 is 0. The van der Waals surface area contributed by atoms with Gasteiger partial charge in [0.1, 0.15) is 17.8 Å². The van der Waals surface area contributed by atoms with Gasteiger partial charge in [-0.25, -0.2) is 0 Å². The van der Waals surface area contributed by atoms with Crippen LogP contribution in [0.15, 0.2) is 12.1 Å². The van der Waals surface area contributed by atoms with Gasteiger partial charge in [-0.15, -0.1) is 0 Å². The molecule has 1 unspecified atom stereocenters. The van der Waals surface area contributed by atoms with Crippen molar-refractivity contribution in [3.63, 3.8) is 0 Å². The predicted octanol–water partition coefficient (Wildman–Crippen LogP) is 3.03. The molecule has 0 bridgehead atoms. The number of hydrogen-bond acceptors (Lipinski definition) is 3. The Hall–Kier alpha value is -1.51. The maximum Gasteiger partial charge on any atom is 0.150 e. The Balaban J connectivity index is 3.36. The summed E-state index contributed by atoms with van der Waals surface area (Å²) in [7, 11) is 3.21. The number of benzene rings is 1. The zero-order chi connectivity index (χ0) is 12.1. The lowest BCUT2D eigenvalue weighted by Crippen LogP contribution is -2.02. The number of hydrogen-bond donors (Lipinski definition) is 0. The van der Waals surface area contributed by atoms with Gasteiger partial charge in [-0.1, -0.05) is 13.8 Å². The smallest absolute Gasteiger partial charge is 0.150 e. The minimum atomic E-state index is 0.339. The number of carbonyl (C=O) groups is 1. The van der Waals surface area contributed by atoms with E-state index in [1.54, 1.807) is 26.4 Å². The van der Waals surface area contributed by atoms with Crippen LogP contribution in [0.4, 0.5) is 0 Å². The van der Waals surface area contributed by atoms with Crippen molar-refractivity contribution in [2.24, 2.45) is 0 Å². The first-order valence-corrected chi connectivity index (χ1v) is 5.39. The maximum atomic E-state index is 10.8. The Kier molecular flexibility index (Phi) is 4.35. The van der Waals surface area contributed by atoms with E-state index in [-0.39, 0.29) is 0 Å². The molecule has 1 aromatic carbocycles. The van der Waals surface area contributed by atoms with E-state index >= 15 is 0 Å². The summed E-state index contributed by atoms with van der Waals surface area (Å²) in [6.45, 7) is 4.22. The summed E-state index contributed by atoms with van der Waals surface area (Å²) in [5.74, 6) is 1.78. The van der Waals surface area contributed by atoms with E-state index in [0.29, 0.717) is 11.5 Å². The topological polar surface area (TPSA) is 35.5 Å². The highest BCUT2D eigenvalue weighted by atomic mass is 16.5. The molecule has 0 amide bonds. The van der Waals surface area contributed by atoms with Crippen molar-refractivity contribution in [1.29, 1.82) is 0 Å². The van der Waals surface area contributed by atoms with Crippen LogP contribution >= 0.6 is 0 Å². The van der Waals surface area contributed by atoms with Crippen molar-refractivity contribution in [3.8, 4) is 11.5 Å². The van der Waals surface area contributed by atoms with Crippen LogP contribution in [0.1, 0.15) is 42.1 Å². The van der Waals surface area contributed by atoms with E-state index in [4.69, 9.17) is 9.47 Å². The molecule has 0 spiro atoms. The molecular weight excluding hydrogens is 204 g/mol. The van der Waals surface area contributed by atoms with E-state index in [2.05, 4.69) is 13.8 Å². The Morgan fingerprint density at radius 1 is 1.25 bits per heavy atom. The fraction of sp³-hybridized carbons (Fsp3) is 0.462. The van der Waals surface area contributed by atoms with Crippen LogP contribution in [-0.2, 0) is 0 Å². The van der Waals surface area contributed by atoms with Gasteiger partial charge >= 0.3 is 0 Å². The maximum absolute atomic E-state index is 10.8. The summed E-state index contributed by atoms with van der Waals surface area (Å²) < 4.78 is 10.6. The van der Waals surface area contributed by atoms with Crippen molar-refractivity contribution < 1.29 is 14.3 Å². The predicted molar refractivity (Wildman–Crippen MR) is 63.6 cm³/mol. The van der Waals surface area contributed by atoms with Gasteiger partial charge in [-0.05, 0) is 24.5 Å². The standard InChI is InChI=1S/C13H18O3/c1-5-9(2)13-11(15-3)6-10(8-14)7-12(13)16-4/h6-9H,5H2,1-4H3. The van der Waals surface area contributed by atoms with Gasteiger partial charge in [-0.2, -0.15) is 0 Å². The second-order valence-electron chi connectivity index (χ2n) is 3.77. The molecule has 88 valence electrons. The zero-order valence-electron chi connectivity index (χ0n) is 10.2. The Morgan fingerprint density at radius 3 is 2.06 bits per heavy atom. The molecule has 0 saturated carbocycles. The molecule has 0 N–H and O–H groups in total. The SMILES string of the molecule is CCC(C)c1c(OC)cc(C=O)cc1OC. The largest absolute Gasteiger partial charge is 0.496 e. The van der Waals surface area contributed by atoms with Crippen LogP contribution in [0.5, 0.6) is 11.5 Å². The van der Waals surface area contributed by atoms with Gasteiger partial charge in [0.25, 0.3) is 0 Å². The van der Waals surface area contributed by atoms with Crippen molar-refractivity contribution in [1.82, 2.24) is 0 Å². The molecule has 0 heterocycles. The summed E-state index contributed by atoms with van der Waals surface area (Å²) in [4.78, 5) is 10.8. The molecule has 0 radical (unpaired) electrons. The molecule has 3 nitrogen and oxygen atoms in total. The van der Waals surface area contributed by atoms with Crippen molar-refractivity contribution in [3.05, 3.63) is 23.3 Å². The lowest BCUT2D eigenvalue weighted by molar-refractivity contribution is 0.112. The summed E-state index contributed by atoms with van der Waals surface area (Å²) in [5.41, 5.74) is 1.60. The minimum absolute atomic E-state index is 0.339. The van der Waals surface area contributed by atoms with E-state index in [9.17, 15) is 4.79 Å². The van der Waals surface area contributed by atoms with Crippen molar-refractivity contribution in [2.45, 2.75) is 26.2 Å². The quantitative estimate of drug-likeness (QED) is 0.718. The van der Waals surface area contributed by atoms with Crippen LogP contribution in [0.3, 0.4) is 0 Å². The summed E-state index contributed by atoms with van der Waals surface area (Å²) in [6.07, 6.45) is 1.79. The zero-order valence-corrected chi connectivity index (χ0v) is 10.2. The average molecular weight is 222 g/mol. The Labute approximate surface area is 96.4 Å². The van der Waals surface area contributed by atoms with Crippen LogP contribution in [0.25, 0.3) is 0 Å². The highest BCUT2D eigenvalue weighted by molar-refractivity contribution is 5.77. The number of methoxy groups -OCH3 is 2. The Bertz CT molecular complexity index is 346. The third-order valence-corrected chi connectivity index (χ3v) is 2.81. The van der Waals surface area contributed by atoms with Crippen molar-refractivity contribution >= 4 is 6.29 Å². The highest BCUT2D eigenvalue weighted by Crippen LogP contribution is 2.37. The van der Waals surface area contributed by atoms with Gasteiger partial charge in [0.2, 0.25) is 0 Å².